The van der Waals surface area contributed by atoms with E-state index in [0.29, 0.717) is 30.0 Å². The molecule has 8 heteroatoms. The number of urea groups is 1. The van der Waals surface area contributed by atoms with Gasteiger partial charge in [0.25, 0.3) is 0 Å². The zero-order chi connectivity index (χ0) is 28.9. The highest BCUT2D eigenvalue weighted by atomic mass is 35.5. The van der Waals surface area contributed by atoms with Crippen molar-refractivity contribution in [1.29, 1.82) is 0 Å². The minimum Gasteiger partial charge on any atom is -0.459 e. The average molecular weight is 562 g/mol. The van der Waals surface area contributed by atoms with Crippen LogP contribution in [0.2, 0.25) is 5.02 Å². The molecule has 3 aromatic rings. The summed E-state index contributed by atoms with van der Waals surface area (Å²) in [5, 5.41) is 0.414. The Bertz CT molecular complexity index is 1330. The number of carbonyl (C=O) groups is 3. The second-order valence-electron chi connectivity index (χ2n) is 11.2. The lowest BCUT2D eigenvalue weighted by Gasteiger charge is -2.35. The number of hydrogen-bond donors (Lipinski definition) is 1. The summed E-state index contributed by atoms with van der Waals surface area (Å²) < 4.78 is 5.63. The molecule has 0 radical (unpaired) electrons. The summed E-state index contributed by atoms with van der Waals surface area (Å²) in [7, 11) is 0. The molecule has 3 unspecified atom stereocenters. The largest absolute Gasteiger partial charge is 0.459 e. The molecule has 1 saturated heterocycles. The standard InChI is InChI=1S/C32H36ClN3O4/c1-32(2,3)40-29(37)21-35-27(17-22-11-6-4-7-12-22)18-24(23-13-8-5-9-14-23)19-28(30(35)38)36(31(34)39)26-16-10-15-25(33)20-26/h4-16,20,24,27-28H,17-19,21H2,1-3H3,(H2,34,39). The van der Waals surface area contributed by atoms with E-state index in [1.165, 1.54) is 4.90 Å². The number of ether oxygens (including phenoxy) is 1. The predicted octanol–water partition coefficient (Wildman–Crippen LogP) is 5.95. The minimum atomic E-state index is -0.954. The Morgan fingerprint density at radius 3 is 2.23 bits per heavy atom. The highest BCUT2D eigenvalue weighted by Crippen LogP contribution is 2.37. The first-order valence-electron chi connectivity index (χ1n) is 13.5. The number of hydrogen-bond acceptors (Lipinski definition) is 4. The van der Waals surface area contributed by atoms with Crippen molar-refractivity contribution >= 4 is 35.2 Å². The van der Waals surface area contributed by atoms with Gasteiger partial charge in [-0.1, -0.05) is 78.3 Å². The highest BCUT2D eigenvalue weighted by molar-refractivity contribution is 6.31. The summed E-state index contributed by atoms with van der Waals surface area (Å²) in [6.07, 6.45) is 1.46. The van der Waals surface area contributed by atoms with Crippen molar-refractivity contribution in [3.63, 3.8) is 0 Å². The van der Waals surface area contributed by atoms with Gasteiger partial charge >= 0.3 is 12.0 Å². The Labute approximate surface area is 240 Å². The van der Waals surface area contributed by atoms with Crippen LogP contribution in [-0.4, -0.2) is 47.0 Å². The number of esters is 1. The third-order valence-electron chi connectivity index (χ3n) is 7.01. The van der Waals surface area contributed by atoms with Gasteiger partial charge in [-0.3, -0.25) is 14.5 Å². The van der Waals surface area contributed by atoms with Gasteiger partial charge in [0.1, 0.15) is 18.2 Å². The highest BCUT2D eigenvalue weighted by Gasteiger charge is 2.43. The molecule has 1 aliphatic heterocycles. The average Bonchev–Trinajstić information content (AvgIpc) is 3.01. The van der Waals surface area contributed by atoms with E-state index in [-0.39, 0.29) is 24.4 Å². The second kappa shape index (κ2) is 12.6. The van der Waals surface area contributed by atoms with Crippen LogP contribution >= 0.6 is 11.6 Å². The quantitative estimate of drug-likeness (QED) is 0.361. The smallest absolute Gasteiger partial charge is 0.326 e. The number of benzene rings is 3. The molecule has 3 aromatic carbocycles. The Balaban J connectivity index is 1.81. The van der Waals surface area contributed by atoms with Crippen LogP contribution in [-0.2, 0) is 20.7 Å². The maximum atomic E-state index is 14.5. The number of anilines is 1. The van der Waals surface area contributed by atoms with E-state index < -0.39 is 23.6 Å². The van der Waals surface area contributed by atoms with Crippen molar-refractivity contribution in [3.8, 4) is 0 Å². The first-order chi connectivity index (χ1) is 19.0. The van der Waals surface area contributed by atoms with Crippen LogP contribution in [0.15, 0.2) is 84.9 Å². The molecule has 40 heavy (non-hydrogen) atoms. The second-order valence-corrected chi connectivity index (χ2v) is 11.6. The van der Waals surface area contributed by atoms with E-state index in [0.717, 1.165) is 11.1 Å². The summed E-state index contributed by atoms with van der Waals surface area (Å²) in [5.74, 6) is -0.957. The van der Waals surface area contributed by atoms with E-state index >= 15 is 0 Å². The molecule has 0 aliphatic carbocycles. The number of nitrogens with zero attached hydrogens (tertiary/aromatic N) is 2. The van der Waals surface area contributed by atoms with Crippen molar-refractivity contribution in [1.82, 2.24) is 4.90 Å². The third kappa shape index (κ3) is 7.42. The van der Waals surface area contributed by atoms with Crippen molar-refractivity contribution in [2.45, 2.75) is 63.6 Å². The molecule has 2 N–H and O–H groups in total. The Morgan fingerprint density at radius 1 is 0.975 bits per heavy atom. The summed E-state index contributed by atoms with van der Waals surface area (Å²) in [4.78, 5) is 43.4. The molecule has 210 valence electrons. The van der Waals surface area contributed by atoms with Crippen LogP contribution in [0.5, 0.6) is 0 Å². The van der Waals surface area contributed by atoms with Crippen LogP contribution in [0.1, 0.15) is 50.7 Å². The van der Waals surface area contributed by atoms with Crippen LogP contribution in [0.3, 0.4) is 0 Å². The van der Waals surface area contributed by atoms with Gasteiger partial charge in [0.2, 0.25) is 5.91 Å². The number of primary amides is 1. The zero-order valence-electron chi connectivity index (χ0n) is 23.1. The monoisotopic (exact) mass is 561 g/mol. The van der Waals surface area contributed by atoms with E-state index in [4.69, 9.17) is 22.1 Å². The molecule has 1 heterocycles. The summed E-state index contributed by atoms with van der Waals surface area (Å²) >= 11 is 6.26. The van der Waals surface area contributed by atoms with Gasteiger partial charge in [-0.25, -0.2) is 4.79 Å². The van der Waals surface area contributed by atoms with Gasteiger partial charge in [-0.2, -0.15) is 0 Å². The first kappa shape index (κ1) is 29.2. The minimum absolute atomic E-state index is 0.0893. The summed E-state index contributed by atoms with van der Waals surface area (Å²) in [6.45, 7) is 5.13. The van der Waals surface area contributed by atoms with Crippen LogP contribution < -0.4 is 10.6 Å². The maximum absolute atomic E-state index is 14.5. The number of rotatable bonds is 7. The lowest BCUT2D eigenvalue weighted by atomic mass is 9.86. The molecule has 1 aliphatic rings. The maximum Gasteiger partial charge on any atom is 0.326 e. The van der Waals surface area contributed by atoms with E-state index in [1.54, 1.807) is 49.9 Å². The molecular formula is C32H36ClN3O4. The molecule has 0 spiro atoms. The fourth-order valence-corrected chi connectivity index (χ4v) is 5.58. The van der Waals surface area contributed by atoms with Crippen molar-refractivity contribution in [2.75, 3.05) is 11.4 Å². The number of halogens is 1. The number of likely N-dealkylation sites (tertiary alicyclic amines) is 1. The van der Waals surface area contributed by atoms with Crippen molar-refractivity contribution in [2.24, 2.45) is 5.73 Å². The lowest BCUT2D eigenvalue weighted by Crippen LogP contribution is -2.55. The predicted molar refractivity (Wildman–Crippen MR) is 157 cm³/mol. The van der Waals surface area contributed by atoms with Gasteiger partial charge in [0, 0.05) is 16.8 Å². The molecule has 4 rings (SSSR count). The Morgan fingerprint density at radius 2 is 1.62 bits per heavy atom. The van der Waals surface area contributed by atoms with Crippen molar-refractivity contribution < 1.29 is 19.1 Å². The van der Waals surface area contributed by atoms with Gasteiger partial charge in [0.05, 0.1) is 0 Å². The fourth-order valence-electron chi connectivity index (χ4n) is 5.39. The Hall–Kier alpha value is -3.84. The van der Waals surface area contributed by atoms with Gasteiger partial charge in [0.15, 0.2) is 0 Å². The van der Waals surface area contributed by atoms with E-state index in [9.17, 15) is 14.4 Å². The molecule has 0 saturated carbocycles. The lowest BCUT2D eigenvalue weighted by molar-refractivity contribution is -0.160. The first-order valence-corrected chi connectivity index (χ1v) is 13.8. The molecule has 0 bridgehead atoms. The molecule has 0 aromatic heterocycles. The molecule has 3 amide bonds. The van der Waals surface area contributed by atoms with E-state index in [2.05, 4.69) is 0 Å². The van der Waals surface area contributed by atoms with Gasteiger partial charge in [-0.05, 0) is 75.3 Å². The number of carbonyl (C=O) groups excluding carboxylic acids is 3. The topological polar surface area (TPSA) is 92.9 Å². The molecule has 1 fully saturated rings. The molecule has 3 atom stereocenters. The van der Waals surface area contributed by atoms with E-state index in [1.807, 2.05) is 60.7 Å². The Kier molecular flexibility index (Phi) is 9.15. The summed E-state index contributed by atoms with van der Waals surface area (Å²) in [6, 6.07) is 24.5. The van der Waals surface area contributed by atoms with Crippen LogP contribution in [0.4, 0.5) is 10.5 Å². The molecule has 7 nitrogen and oxygen atoms in total. The number of amides is 3. The SMILES string of the molecule is CC(C)(C)OC(=O)CN1C(=O)C(N(C(N)=O)c2cccc(Cl)c2)CC(c2ccccc2)CC1Cc1ccccc1. The summed E-state index contributed by atoms with van der Waals surface area (Å²) in [5.41, 5.74) is 7.71. The van der Waals surface area contributed by atoms with Crippen molar-refractivity contribution in [3.05, 3.63) is 101 Å². The van der Waals surface area contributed by atoms with Crippen LogP contribution in [0.25, 0.3) is 0 Å². The zero-order valence-corrected chi connectivity index (χ0v) is 23.9. The third-order valence-corrected chi connectivity index (χ3v) is 7.25. The number of nitrogens with two attached hydrogens (primary N) is 1. The van der Waals surface area contributed by atoms with Gasteiger partial charge < -0.3 is 15.4 Å². The molecular weight excluding hydrogens is 526 g/mol. The van der Waals surface area contributed by atoms with Gasteiger partial charge in [-0.15, -0.1) is 0 Å². The normalized spacial score (nSPS) is 19.6. The van der Waals surface area contributed by atoms with Crippen LogP contribution in [0, 0.1) is 0 Å². The fraction of sp³-hybridized carbons (Fsp3) is 0.344.